The molecule has 0 saturated carbocycles. The summed E-state index contributed by atoms with van der Waals surface area (Å²) in [7, 11) is -2.40. The van der Waals surface area contributed by atoms with Gasteiger partial charge in [-0.1, -0.05) is 49.7 Å². The minimum absolute atomic E-state index is 0.0593. The number of benzene rings is 2. The number of nitrogens with one attached hydrogen (secondary N) is 1. The predicted octanol–water partition coefficient (Wildman–Crippen LogP) is 4.15. The van der Waals surface area contributed by atoms with Crippen molar-refractivity contribution in [3.05, 3.63) is 58.6 Å². The van der Waals surface area contributed by atoms with Gasteiger partial charge in [0.1, 0.15) is 18.3 Å². The number of hydrogen-bond acceptors (Lipinski definition) is 5. The van der Waals surface area contributed by atoms with Gasteiger partial charge in [0.25, 0.3) is 0 Å². The lowest BCUT2D eigenvalue weighted by molar-refractivity contribution is -0.140. The Bertz CT molecular complexity index is 1170. The summed E-state index contributed by atoms with van der Waals surface area (Å²) in [5.41, 5.74) is 2.07. The van der Waals surface area contributed by atoms with E-state index in [0.717, 1.165) is 28.1 Å². The number of sulfonamides is 1. The van der Waals surface area contributed by atoms with Crippen LogP contribution in [0.15, 0.2) is 42.5 Å². The highest BCUT2D eigenvalue weighted by atomic mass is 35.5. The zero-order chi connectivity index (χ0) is 27.0. The van der Waals surface area contributed by atoms with Crippen molar-refractivity contribution in [3.63, 3.8) is 0 Å². The quantitative estimate of drug-likeness (QED) is 0.439. The summed E-state index contributed by atoms with van der Waals surface area (Å²) < 4.78 is 31.6. The number of aryl methyl sites for hydroxylation is 1. The zero-order valence-corrected chi connectivity index (χ0v) is 23.3. The lowest BCUT2D eigenvalue weighted by Gasteiger charge is -2.33. The fraction of sp³-hybridized carbons (Fsp3) is 0.462. The van der Waals surface area contributed by atoms with Crippen LogP contribution in [-0.4, -0.2) is 57.1 Å². The minimum atomic E-state index is -3.85. The van der Waals surface area contributed by atoms with E-state index in [1.165, 1.54) is 24.1 Å². The van der Waals surface area contributed by atoms with Crippen molar-refractivity contribution < 1.29 is 22.7 Å². The number of carbonyl (C=O) groups is 2. The van der Waals surface area contributed by atoms with Crippen molar-refractivity contribution in [1.82, 2.24) is 10.2 Å². The third kappa shape index (κ3) is 7.61. The number of halogens is 1. The van der Waals surface area contributed by atoms with E-state index < -0.39 is 28.5 Å². The van der Waals surface area contributed by atoms with Crippen LogP contribution < -0.4 is 14.4 Å². The highest BCUT2D eigenvalue weighted by Crippen LogP contribution is 2.30. The number of methoxy groups -OCH3 is 1. The molecule has 198 valence electrons. The summed E-state index contributed by atoms with van der Waals surface area (Å²) in [6.45, 7) is 7.30. The van der Waals surface area contributed by atoms with Gasteiger partial charge in [0.15, 0.2) is 0 Å². The maximum atomic E-state index is 13.7. The fourth-order valence-electron chi connectivity index (χ4n) is 3.76. The molecule has 0 aromatic heterocycles. The molecule has 0 bridgehead atoms. The van der Waals surface area contributed by atoms with Gasteiger partial charge in [0.05, 0.1) is 24.1 Å². The van der Waals surface area contributed by atoms with Crippen LogP contribution in [0.1, 0.15) is 44.7 Å². The monoisotopic (exact) mass is 537 g/mol. The first-order chi connectivity index (χ1) is 16.9. The van der Waals surface area contributed by atoms with E-state index in [-0.39, 0.29) is 29.2 Å². The lowest BCUT2D eigenvalue weighted by atomic mass is 10.1. The molecule has 0 fully saturated rings. The molecular formula is C26H36ClN3O5S. The first kappa shape index (κ1) is 29.5. The zero-order valence-electron chi connectivity index (χ0n) is 21.7. The molecule has 0 radical (unpaired) electrons. The molecule has 0 aliphatic carbocycles. The van der Waals surface area contributed by atoms with E-state index in [1.807, 2.05) is 52.0 Å². The molecule has 2 aromatic rings. The van der Waals surface area contributed by atoms with Gasteiger partial charge in [-0.3, -0.25) is 13.9 Å². The molecule has 2 amide bonds. The number of carbonyl (C=O) groups excluding carboxylic acids is 2. The maximum Gasteiger partial charge on any atom is 0.244 e. The van der Waals surface area contributed by atoms with Crippen LogP contribution in [0, 0.1) is 6.92 Å². The normalized spacial score (nSPS) is 13.0. The highest BCUT2D eigenvalue weighted by molar-refractivity contribution is 7.92. The Balaban J connectivity index is 2.48. The molecule has 36 heavy (non-hydrogen) atoms. The van der Waals surface area contributed by atoms with Crippen molar-refractivity contribution in [3.8, 4) is 5.75 Å². The molecule has 2 unspecified atom stereocenters. The third-order valence-electron chi connectivity index (χ3n) is 6.09. The number of rotatable bonds is 12. The summed E-state index contributed by atoms with van der Waals surface area (Å²) in [6, 6.07) is 11.3. The van der Waals surface area contributed by atoms with Crippen molar-refractivity contribution >= 4 is 39.1 Å². The van der Waals surface area contributed by atoms with E-state index in [9.17, 15) is 18.0 Å². The van der Waals surface area contributed by atoms with Crippen molar-refractivity contribution in [2.45, 2.75) is 59.2 Å². The molecule has 2 aromatic carbocycles. The maximum absolute atomic E-state index is 13.7. The van der Waals surface area contributed by atoms with Crippen LogP contribution in [0.3, 0.4) is 0 Å². The van der Waals surface area contributed by atoms with Crippen LogP contribution in [0.4, 0.5) is 5.69 Å². The molecule has 0 spiro atoms. The molecule has 1 N–H and O–H groups in total. The van der Waals surface area contributed by atoms with Crippen molar-refractivity contribution in [2.75, 3.05) is 24.2 Å². The van der Waals surface area contributed by atoms with E-state index in [4.69, 9.17) is 16.3 Å². The molecule has 10 heteroatoms. The summed E-state index contributed by atoms with van der Waals surface area (Å²) in [4.78, 5) is 28.4. The smallest absolute Gasteiger partial charge is 0.244 e. The van der Waals surface area contributed by atoms with Crippen LogP contribution in [0.2, 0.25) is 5.02 Å². The van der Waals surface area contributed by atoms with Crippen molar-refractivity contribution in [2.24, 2.45) is 0 Å². The second-order valence-electron chi connectivity index (χ2n) is 8.78. The second kappa shape index (κ2) is 13.0. The molecule has 8 nitrogen and oxygen atoms in total. The Labute approximate surface area is 219 Å². The molecule has 0 aliphatic heterocycles. The predicted molar refractivity (Wildman–Crippen MR) is 144 cm³/mol. The first-order valence-electron chi connectivity index (χ1n) is 11.9. The standard InChI is InChI=1S/C26H36ClN3O5S/c1-7-19(4)28-26(32)23(8-2)29(16-20-12-10-9-11-18(20)3)25(31)17-30(36(6,33)34)21-13-14-24(35-5)22(27)15-21/h9-15,19,23H,7-8,16-17H2,1-6H3,(H,28,32). The Hall–Kier alpha value is -2.78. The fourth-order valence-corrected chi connectivity index (χ4v) is 4.85. The van der Waals surface area contributed by atoms with Gasteiger partial charge < -0.3 is 15.0 Å². The summed E-state index contributed by atoms with van der Waals surface area (Å²) in [5, 5.41) is 3.17. The van der Waals surface area contributed by atoms with Gasteiger partial charge in [-0.2, -0.15) is 0 Å². The van der Waals surface area contributed by atoms with Crippen LogP contribution in [0.25, 0.3) is 0 Å². The number of nitrogens with zero attached hydrogens (tertiary/aromatic N) is 2. The molecule has 0 aliphatic rings. The van der Waals surface area contributed by atoms with E-state index in [2.05, 4.69) is 5.32 Å². The first-order valence-corrected chi connectivity index (χ1v) is 14.1. The van der Waals surface area contributed by atoms with E-state index in [0.29, 0.717) is 12.2 Å². The topological polar surface area (TPSA) is 96.0 Å². The number of ether oxygens (including phenoxy) is 1. The van der Waals surface area contributed by atoms with Gasteiger partial charge in [-0.15, -0.1) is 0 Å². The van der Waals surface area contributed by atoms with Crippen LogP contribution in [-0.2, 0) is 26.2 Å². The Morgan fingerprint density at radius 3 is 2.31 bits per heavy atom. The van der Waals surface area contributed by atoms with E-state index >= 15 is 0 Å². The second-order valence-corrected chi connectivity index (χ2v) is 11.1. The third-order valence-corrected chi connectivity index (χ3v) is 7.53. The van der Waals surface area contributed by atoms with E-state index in [1.54, 1.807) is 6.07 Å². The Kier molecular flexibility index (Phi) is 10.6. The van der Waals surface area contributed by atoms with Gasteiger partial charge in [0, 0.05) is 12.6 Å². The van der Waals surface area contributed by atoms with Gasteiger partial charge in [0.2, 0.25) is 21.8 Å². The largest absolute Gasteiger partial charge is 0.495 e. The van der Waals surface area contributed by atoms with Crippen LogP contribution in [0.5, 0.6) is 5.75 Å². The Morgan fingerprint density at radius 1 is 1.11 bits per heavy atom. The number of amides is 2. The summed E-state index contributed by atoms with van der Waals surface area (Å²) in [6.07, 6.45) is 2.14. The van der Waals surface area contributed by atoms with Gasteiger partial charge >= 0.3 is 0 Å². The summed E-state index contributed by atoms with van der Waals surface area (Å²) >= 11 is 6.23. The molecule has 2 atom stereocenters. The number of hydrogen-bond donors (Lipinski definition) is 1. The van der Waals surface area contributed by atoms with Gasteiger partial charge in [-0.05, 0) is 56.0 Å². The summed E-state index contributed by atoms with van der Waals surface area (Å²) in [5.74, 6) is -0.386. The number of anilines is 1. The Morgan fingerprint density at radius 2 is 1.78 bits per heavy atom. The SMILES string of the molecule is CCC(C)NC(=O)C(CC)N(Cc1ccccc1C)C(=O)CN(c1ccc(OC)c(Cl)c1)S(C)(=O)=O. The van der Waals surface area contributed by atoms with Crippen LogP contribution >= 0.6 is 11.6 Å². The average Bonchev–Trinajstić information content (AvgIpc) is 2.82. The molecule has 0 heterocycles. The highest BCUT2D eigenvalue weighted by Gasteiger charge is 2.32. The molecular weight excluding hydrogens is 502 g/mol. The minimum Gasteiger partial charge on any atom is -0.495 e. The van der Waals surface area contributed by atoms with Gasteiger partial charge in [-0.25, -0.2) is 8.42 Å². The lowest BCUT2D eigenvalue weighted by Crippen LogP contribution is -2.53. The van der Waals surface area contributed by atoms with Crippen molar-refractivity contribution in [1.29, 1.82) is 0 Å². The molecule has 2 rings (SSSR count). The molecule has 0 saturated heterocycles. The average molecular weight is 538 g/mol.